The van der Waals surface area contributed by atoms with Gasteiger partial charge in [0.2, 0.25) is 0 Å². The first kappa shape index (κ1) is 14.6. The Morgan fingerprint density at radius 2 is 2.20 bits per heavy atom. The van der Waals surface area contributed by atoms with Gasteiger partial charge >= 0.3 is 0 Å². The Labute approximate surface area is 120 Å². The average Bonchev–Trinajstić information content (AvgIpc) is 3.02. The highest BCUT2D eigenvalue weighted by molar-refractivity contribution is 5.97. The molecule has 3 nitrogen and oxygen atoms in total. The Morgan fingerprint density at radius 3 is 2.80 bits per heavy atom. The summed E-state index contributed by atoms with van der Waals surface area (Å²) < 4.78 is 0. The van der Waals surface area contributed by atoms with Crippen LogP contribution in [0.2, 0.25) is 0 Å². The fourth-order valence-corrected chi connectivity index (χ4v) is 2.33. The number of carbonyl (C=O) groups is 1. The van der Waals surface area contributed by atoms with Gasteiger partial charge in [0.1, 0.15) is 6.61 Å². The van der Waals surface area contributed by atoms with Gasteiger partial charge in [0, 0.05) is 12.1 Å². The Balaban J connectivity index is 2.10. The second-order valence-corrected chi connectivity index (χ2v) is 6.11. The van der Waals surface area contributed by atoms with E-state index in [9.17, 15) is 4.79 Å². The number of amides is 1. The molecule has 2 N–H and O–H groups in total. The molecule has 0 heterocycles. The first-order valence-electron chi connectivity index (χ1n) is 6.92. The van der Waals surface area contributed by atoms with Crippen LogP contribution in [0.1, 0.15) is 41.8 Å². The number of nitrogens with one attached hydrogen (secondary N) is 1. The van der Waals surface area contributed by atoms with Crippen LogP contribution in [0.15, 0.2) is 18.2 Å². The molecule has 3 heteroatoms. The molecular formula is C17H21NO2. The molecule has 1 aromatic rings. The van der Waals surface area contributed by atoms with E-state index < -0.39 is 0 Å². The Bertz CT molecular complexity index is 578. The van der Waals surface area contributed by atoms with E-state index in [-0.39, 0.29) is 12.5 Å². The number of hydrogen-bond donors (Lipinski definition) is 2. The predicted octanol–water partition coefficient (Wildman–Crippen LogP) is 2.11. The summed E-state index contributed by atoms with van der Waals surface area (Å²) in [4.78, 5) is 12.3. The van der Waals surface area contributed by atoms with Gasteiger partial charge in [0.05, 0.1) is 5.56 Å². The maximum atomic E-state index is 12.3. The van der Waals surface area contributed by atoms with E-state index >= 15 is 0 Å². The number of rotatable bonds is 3. The number of aryl methyl sites for hydroxylation is 1. The van der Waals surface area contributed by atoms with E-state index in [0.29, 0.717) is 29.0 Å². The van der Waals surface area contributed by atoms with Gasteiger partial charge < -0.3 is 10.4 Å². The fraction of sp³-hybridized carbons (Fsp3) is 0.471. The van der Waals surface area contributed by atoms with Crippen LogP contribution in [0.4, 0.5) is 0 Å². The molecule has 1 amide bonds. The molecule has 0 radical (unpaired) electrons. The van der Waals surface area contributed by atoms with Crippen LogP contribution in [0.25, 0.3) is 0 Å². The zero-order chi connectivity index (χ0) is 14.8. The van der Waals surface area contributed by atoms with Gasteiger partial charge in [-0.05, 0) is 36.8 Å². The zero-order valence-corrected chi connectivity index (χ0v) is 12.3. The minimum atomic E-state index is -0.203. The molecule has 20 heavy (non-hydrogen) atoms. The lowest BCUT2D eigenvalue weighted by Crippen LogP contribution is -2.27. The second kappa shape index (κ2) is 5.68. The summed E-state index contributed by atoms with van der Waals surface area (Å²) in [6.07, 6.45) is 1.16. The van der Waals surface area contributed by atoms with E-state index in [4.69, 9.17) is 5.11 Å². The molecule has 1 aliphatic rings. The molecule has 2 rings (SSSR count). The van der Waals surface area contributed by atoms with Crippen molar-refractivity contribution in [1.82, 2.24) is 5.32 Å². The number of carbonyl (C=O) groups excluding carboxylic acids is 1. The maximum absolute atomic E-state index is 12.3. The summed E-state index contributed by atoms with van der Waals surface area (Å²) in [5, 5.41) is 11.8. The molecule has 0 aromatic heterocycles. The number of benzene rings is 1. The molecule has 1 aliphatic carbocycles. The molecule has 106 valence electrons. The third kappa shape index (κ3) is 3.40. The summed E-state index contributed by atoms with van der Waals surface area (Å²) in [7, 11) is 0. The van der Waals surface area contributed by atoms with Gasteiger partial charge in [0.25, 0.3) is 5.91 Å². The topological polar surface area (TPSA) is 49.3 Å². The lowest BCUT2D eigenvalue weighted by Gasteiger charge is -2.09. The van der Waals surface area contributed by atoms with Crippen molar-refractivity contribution in [2.45, 2.75) is 27.2 Å². The maximum Gasteiger partial charge on any atom is 0.252 e. The minimum Gasteiger partial charge on any atom is -0.384 e. The Kier molecular flexibility index (Phi) is 4.15. The van der Waals surface area contributed by atoms with Crippen LogP contribution in [0.5, 0.6) is 0 Å². The van der Waals surface area contributed by atoms with Crippen molar-refractivity contribution in [2.75, 3.05) is 13.2 Å². The van der Waals surface area contributed by atoms with Crippen molar-refractivity contribution in [1.29, 1.82) is 0 Å². The standard InChI is InChI=1S/C17H21NO2/c1-12-6-7-13(5-4-8-19)15(9-12)16(20)18-11-14-10-17(14,2)3/h6-7,9,14,19H,8,10-11H2,1-3H3,(H,18,20). The van der Waals surface area contributed by atoms with Gasteiger partial charge in [-0.2, -0.15) is 0 Å². The SMILES string of the molecule is Cc1ccc(C#CCO)c(C(=O)NCC2CC2(C)C)c1. The van der Waals surface area contributed by atoms with Crippen LogP contribution in [-0.4, -0.2) is 24.2 Å². The highest BCUT2D eigenvalue weighted by Gasteiger charge is 2.45. The quantitative estimate of drug-likeness (QED) is 0.827. The number of hydrogen-bond acceptors (Lipinski definition) is 2. The van der Waals surface area contributed by atoms with Crippen LogP contribution < -0.4 is 5.32 Å². The lowest BCUT2D eigenvalue weighted by atomic mass is 10.0. The summed E-state index contributed by atoms with van der Waals surface area (Å²) >= 11 is 0. The number of aliphatic hydroxyl groups is 1. The summed E-state index contributed by atoms with van der Waals surface area (Å²) in [5.41, 5.74) is 2.64. The van der Waals surface area contributed by atoms with Crippen LogP contribution in [-0.2, 0) is 0 Å². The molecule has 1 aromatic carbocycles. The largest absolute Gasteiger partial charge is 0.384 e. The molecule has 0 saturated heterocycles. The van der Waals surface area contributed by atoms with Crippen molar-refractivity contribution >= 4 is 5.91 Å². The van der Waals surface area contributed by atoms with Gasteiger partial charge in [0.15, 0.2) is 0 Å². The third-order valence-electron chi connectivity index (χ3n) is 3.95. The van der Waals surface area contributed by atoms with Crippen LogP contribution >= 0.6 is 0 Å². The summed E-state index contributed by atoms with van der Waals surface area (Å²) in [5.74, 6) is 5.91. The monoisotopic (exact) mass is 271 g/mol. The van der Waals surface area contributed by atoms with Crippen molar-refractivity contribution < 1.29 is 9.90 Å². The average molecular weight is 271 g/mol. The van der Waals surface area contributed by atoms with Gasteiger partial charge in [-0.3, -0.25) is 4.79 Å². The molecule has 1 unspecified atom stereocenters. The molecule has 0 bridgehead atoms. The molecule has 0 spiro atoms. The molecule has 1 saturated carbocycles. The van der Waals surface area contributed by atoms with Crippen LogP contribution in [0.3, 0.4) is 0 Å². The van der Waals surface area contributed by atoms with E-state index in [0.717, 1.165) is 12.0 Å². The number of aliphatic hydroxyl groups excluding tert-OH is 1. The van der Waals surface area contributed by atoms with E-state index in [1.807, 2.05) is 25.1 Å². The first-order chi connectivity index (χ1) is 9.44. The summed E-state index contributed by atoms with van der Waals surface area (Å²) in [6.45, 7) is 6.89. The smallest absolute Gasteiger partial charge is 0.252 e. The van der Waals surface area contributed by atoms with Crippen molar-refractivity contribution in [3.05, 3.63) is 34.9 Å². The van der Waals surface area contributed by atoms with Gasteiger partial charge in [-0.15, -0.1) is 0 Å². The normalized spacial score (nSPS) is 18.9. The summed E-state index contributed by atoms with van der Waals surface area (Å²) in [6, 6.07) is 5.59. The minimum absolute atomic E-state index is 0.0846. The second-order valence-electron chi connectivity index (χ2n) is 6.11. The first-order valence-corrected chi connectivity index (χ1v) is 6.92. The third-order valence-corrected chi connectivity index (χ3v) is 3.95. The highest BCUT2D eigenvalue weighted by atomic mass is 16.2. The van der Waals surface area contributed by atoms with Crippen molar-refractivity contribution in [3.8, 4) is 11.8 Å². The van der Waals surface area contributed by atoms with Gasteiger partial charge in [-0.25, -0.2) is 0 Å². The Morgan fingerprint density at radius 1 is 1.50 bits per heavy atom. The van der Waals surface area contributed by atoms with Crippen LogP contribution in [0, 0.1) is 30.1 Å². The molecular weight excluding hydrogens is 250 g/mol. The van der Waals surface area contributed by atoms with E-state index in [1.54, 1.807) is 0 Å². The van der Waals surface area contributed by atoms with Gasteiger partial charge in [-0.1, -0.05) is 37.3 Å². The predicted molar refractivity (Wildman–Crippen MR) is 79.4 cm³/mol. The molecule has 1 fully saturated rings. The molecule has 1 atom stereocenters. The van der Waals surface area contributed by atoms with E-state index in [2.05, 4.69) is 31.0 Å². The fourth-order valence-electron chi connectivity index (χ4n) is 2.33. The van der Waals surface area contributed by atoms with Crippen molar-refractivity contribution in [2.24, 2.45) is 11.3 Å². The van der Waals surface area contributed by atoms with E-state index in [1.165, 1.54) is 0 Å². The molecule has 0 aliphatic heterocycles. The van der Waals surface area contributed by atoms with Crippen molar-refractivity contribution in [3.63, 3.8) is 0 Å². The zero-order valence-electron chi connectivity index (χ0n) is 12.3. The Hall–Kier alpha value is -1.79. The lowest BCUT2D eigenvalue weighted by molar-refractivity contribution is 0.0950. The highest BCUT2D eigenvalue weighted by Crippen LogP contribution is 2.50.